The summed E-state index contributed by atoms with van der Waals surface area (Å²) in [5.74, 6) is 0.697. The number of nitrogens with zero attached hydrogens (tertiary/aromatic N) is 2. The molecule has 2 N–H and O–H groups in total. The van der Waals surface area contributed by atoms with Gasteiger partial charge < -0.3 is 10.6 Å². The van der Waals surface area contributed by atoms with Gasteiger partial charge in [-0.15, -0.1) is 11.8 Å². The van der Waals surface area contributed by atoms with Gasteiger partial charge in [0.05, 0.1) is 23.3 Å². The van der Waals surface area contributed by atoms with E-state index >= 15 is 0 Å². The van der Waals surface area contributed by atoms with Crippen LogP contribution in [0.4, 0.5) is 5.82 Å². The van der Waals surface area contributed by atoms with Crippen molar-refractivity contribution in [3.8, 4) is 0 Å². The van der Waals surface area contributed by atoms with E-state index in [1.54, 1.807) is 18.0 Å². The molecule has 0 radical (unpaired) electrons. The molecule has 0 saturated heterocycles. The summed E-state index contributed by atoms with van der Waals surface area (Å²) in [6.45, 7) is 8.62. The number of carbonyl (C=O) groups is 1. The summed E-state index contributed by atoms with van der Waals surface area (Å²) in [6.07, 6.45) is 6.29. The van der Waals surface area contributed by atoms with Gasteiger partial charge in [-0.3, -0.25) is 4.79 Å². The Morgan fingerprint density at radius 1 is 1.15 bits per heavy atom. The van der Waals surface area contributed by atoms with Crippen molar-refractivity contribution < 1.29 is 4.79 Å². The summed E-state index contributed by atoms with van der Waals surface area (Å²) >= 11 is 1.72. The lowest BCUT2D eigenvalue weighted by Crippen LogP contribution is -2.45. The highest BCUT2D eigenvalue weighted by Gasteiger charge is 2.38. The largest absolute Gasteiger partial charge is 0.363 e. The zero-order valence-corrected chi connectivity index (χ0v) is 21.0. The van der Waals surface area contributed by atoms with E-state index < -0.39 is 5.54 Å². The number of amides is 1. The number of carbonyl (C=O) groups excluding carboxylic acids is 1. The molecule has 33 heavy (non-hydrogen) atoms. The Morgan fingerprint density at radius 3 is 2.42 bits per heavy atom. The van der Waals surface area contributed by atoms with Crippen molar-refractivity contribution in [3.05, 3.63) is 77.5 Å². The molecule has 1 aromatic heterocycles. The highest BCUT2D eigenvalue weighted by molar-refractivity contribution is 7.98. The third-order valence-corrected chi connectivity index (χ3v) is 7.75. The van der Waals surface area contributed by atoms with Crippen molar-refractivity contribution in [3.63, 3.8) is 0 Å². The number of nitrogens with one attached hydrogen (secondary N) is 2. The van der Waals surface area contributed by atoms with Crippen LogP contribution in [0.1, 0.15) is 74.5 Å². The SMILES string of the molecule is CCC(CC)(NC(=O)c1cnn2c1N[C@@H](c1ccccc1)CC2(C)C)c1ccc(SC)cc1. The minimum Gasteiger partial charge on any atom is -0.363 e. The Balaban J connectivity index is 1.66. The first kappa shape index (κ1) is 23.4. The van der Waals surface area contributed by atoms with Crippen LogP contribution in [0.15, 0.2) is 65.7 Å². The van der Waals surface area contributed by atoms with Gasteiger partial charge >= 0.3 is 0 Å². The molecule has 1 amide bonds. The zero-order chi connectivity index (χ0) is 23.6. The third kappa shape index (κ3) is 4.41. The van der Waals surface area contributed by atoms with Gasteiger partial charge in [0.1, 0.15) is 11.4 Å². The number of rotatable bonds is 7. The first-order valence-corrected chi connectivity index (χ1v) is 12.9. The molecule has 3 aromatic rings. The summed E-state index contributed by atoms with van der Waals surface area (Å²) in [6, 6.07) is 19.1. The molecular formula is C27H34N4OS. The number of aromatic nitrogens is 2. The summed E-state index contributed by atoms with van der Waals surface area (Å²) in [5, 5.41) is 11.6. The lowest BCUT2D eigenvalue weighted by molar-refractivity contribution is 0.0890. The van der Waals surface area contributed by atoms with Crippen molar-refractivity contribution in [2.45, 2.75) is 69.0 Å². The fourth-order valence-electron chi connectivity index (χ4n) is 4.90. The molecule has 0 aliphatic carbocycles. The summed E-state index contributed by atoms with van der Waals surface area (Å²) in [7, 11) is 0. The van der Waals surface area contributed by atoms with Gasteiger partial charge in [-0.2, -0.15) is 5.10 Å². The molecule has 5 nitrogen and oxygen atoms in total. The van der Waals surface area contributed by atoms with Crippen LogP contribution in [-0.4, -0.2) is 21.9 Å². The van der Waals surface area contributed by atoms with Crippen LogP contribution in [0, 0.1) is 0 Å². The first-order chi connectivity index (χ1) is 15.8. The standard InChI is InChI=1S/C27H34N4OS/c1-6-27(7-2,20-13-15-21(33-5)16-14-20)30-25(32)22-18-28-31-24(22)29-23(17-26(31,3)4)19-11-9-8-10-12-19/h8-16,18,23,29H,6-7,17H2,1-5H3,(H,30,32)/t23-/m1/s1. The topological polar surface area (TPSA) is 59.0 Å². The summed E-state index contributed by atoms with van der Waals surface area (Å²) in [5.41, 5.74) is 2.31. The Hall–Kier alpha value is -2.73. The van der Waals surface area contributed by atoms with Gasteiger partial charge in [0, 0.05) is 4.90 Å². The fraction of sp³-hybridized carbons (Fsp3) is 0.407. The number of fused-ring (bicyclic) bond motifs is 1. The highest BCUT2D eigenvalue weighted by Crippen LogP contribution is 2.40. The highest BCUT2D eigenvalue weighted by atomic mass is 32.2. The minimum absolute atomic E-state index is 0.0918. The fourth-order valence-corrected chi connectivity index (χ4v) is 5.31. The Bertz CT molecular complexity index is 1100. The maximum Gasteiger partial charge on any atom is 0.257 e. The molecule has 2 heterocycles. The molecule has 4 rings (SSSR count). The molecule has 1 atom stereocenters. The van der Waals surface area contributed by atoms with Crippen LogP contribution in [0.5, 0.6) is 0 Å². The molecule has 174 valence electrons. The van der Waals surface area contributed by atoms with E-state index in [-0.39, 0.29) is 17.5 Å². The van der Waals surface area contributed by atoms with Gasteiger partial charge in [-0.05, 0) is 62.6 Å². The number of hydrogen-bond donors (Lipinski definition) is 2. The lowest BCUT2D eigenvalue weighted by atomic mass is 9.84. The maximum absolute atomic E-state index is 13.7. The average molecular weight is 463 g/mol. The second-order valence-corrected chi connectivity index (χ2v) is 10.3. The zero-order valence-electron chi connectivity index (χ0n) is 20.2. The third-order valence-electron chi connectivity index (χ3n) is 7.01. The number of thioether (sulfide) groups is 1. The molecular weight excluding hydrogens is 428 g/mol. The minimum atomic E-state index is -0.425. The van der Waals surface area contributed by atoms with Crippen LogP contribution < -0.4 is 10.6 Å². The van der Waals surface area contributed by atoms with Crippen LogP contribution in [0.2, 0.25) is 0 Å². The lowest BCUT2D eigenvalue weighted by Gasteiger charge is -2.38. The second kappa shape index (κ2) is 9.26. The van der Waals surface area contributed by atoms with E-state index in [2.05, 4.69) is 98.2 Å². The van der Waals surface area contributed by atoms with Crippen LogP contribution in [0.25, 0.3) is 0 Å². The van der Waals surface area contributed by atoms with Crippen LogP contribution in [-0.2, 0) is 11.1 Å². The quantitative estimate of drug-likeness (QED) is 0.402. The van der Waals surface area contributed by atoms with Gasteiger partial charge in [-0.25, -0.2) is 4.68 Å². The Kier molecular flexibility index (Phi) is 6.57. The van der Waals surface area contributed by atoms with Gasteiger partial charge in [-0.1, -0.05) is 56.3 Å². The maximum atomic E-state index is 13.7. The van der Waals surface area contributed by atoms with Crippen molar-refractivity contribution in [2.75, 3.05) is 11.6 Å². The molecule has 0 bridgehead atoms. The molecule has 0 spiro atoms. The molecule has 0 fully saturated rings. The Morgan fingerprint density at radius 2 is 1.82 bits per heavy atom. The van der Waals surface area contributed by atoms with Crippen molar-refractivity contribution >= 4 is 23.5 Å². The first-order valence-electron chi connectivity index (χ1n) is 11.7. The number of anilines is 1. The smallest absolute Gasteiger partial charge is 0.257 e. The molecule has 2 aromatic carbocycles. The molecule has 1 aliphatic heterocycles. The van der Waals surface area contributed by atoms with E-state index in [1.165, 1.54) is 10.5 Å². The van der Waals surface area contributed by atoms with E-state index in [1.807, 2.05) is 10.7 Å². The van der Waals surface area contributed by atoms with Crippen molar-refractivity contribution in [1.82, 2.24) is 15.1 Å². The van der Waals surface area contributed by atoms with Crippen molar-refractivity contribution in [2.24, 2.45) is 0 Å². The van der Waals surface area contributed by atoms with E-state index in [4.69, 9.17) is 0 Å². The summed E-state index contributed by atoms with van der Waals surface area (Å²) in [4.78, 5) is 14.9. The van der Waals surface area contributed by atoms with Crippen molar-refractivity contribution in [1.29, 1.82) is 0 Å². The summed E-state index contributed by atoms with van der Waals surface area (Å²) < 4.78 is 1.97. The Labute approximate surface area is 201 Å². The predicted molar refractivity (Wildman–Crippen MR) is 137 cm³/mol. The van der Waals surface area contributed by atoms with Gasteiger partial charge in [0.15, 0.2) is 0 Å². The van der Waals surface area contributed by atoms with Gasteiger partial charge in [0.2, 0.25) is 0 Å². The number of hydrogen-bond acceptors (Lipinski definition) is 4. The molecule has 0 unspecified atom stereocenters. The van der Waals surface area contributed by atoms with Crippen LogP contribution >= 0.6 is 11.8 Å². The van der Waals surface area contributed by atoms with Gasteiger partial charge in [0.25, 0.3) is 5.91 Å². The van der Waals surface area contributed by atoms with Crippen LogP contribution in [0.3, 0.4) is 0 Å². The number of benzene rings is 2. The van der Waals surface area contributed by atoms with E-state index in [9.17, 15) is 4.79 Å². The predicted octanol–water partition coefficient (Wildman–Crippen LogP) is 6.34. The second-order valence-electron chi connectivity index (χ2n) is 9.41. The van der Waals surface area contributed by atoms with E-state index in [0.29, 0.717) is 5.56 Å². The molecule has 1 aliphatic rings. The average Bonchev–Trinajstić information content (AvgIpc) is 3.28. The van der Waals surface area contributed by atoms with E-state index in [0.717, 1.165) is 30.6 Å². The normalized spacial score (nSPS) is 17.2. The molecule has 0 saturated carbocycles. The molecule has 6 heteroatoms. The monoisotopic (exact) mass is 462 g/mol.